The number of piperidine rings is 1. The maximum Gasteiger partial charge on any atom is 0.253 e. The largest absolute Gasteiger partial charge is 0.477 e. The van der Waals surface area contributed by atoms with Crippen LogP contribution in [-0.2, 0) is 0 Å². The van der Waals surface area contributed by atoms with Crippen LogP contribution in [0, 0.1) is 19.8 Å². The Kier molecular flexibility index (Phi) is 5.03. The highest BCUT2D eigenvalue weighted by atomic mass is 32.1. The van der Waals surface area contributed by atoms with E-state index in [9.17, 15) is 4.79 Å². The zero-order valence-electron chi connectivity index (χ0n) is 15.5. The molecule has 1 aliphatic heterocycles. The fourth-order valence-corrected chi connectivity index (χ4v) is 4.05. The first-order valence-corrected chi connectivity index (χ1v) is 10.0. The number of thiazole rings is 1. The second kappa shape index (κ2) is 7.60. The zero-order valence-corrected chi connectivity index (χ0v) is 16.3. The fraction of sp³-hybridized carbons (Fsp3) is 0.400. The molecule has 0 spiro atoms. The van der Waals surface area contributed by atoms with Gasteiger partial charge in [0.2, 0.25) is 5.88 Å². The number of aromatic nitrogens is 3. The van der Waals surface area contributed by atoms with Gasteiger partial charge in [0, 0.05) is 29.9 Å². The molecule has 1 aliphatic rings. The lowest BCUT2D eigenvalue weighted by Crippen LogP contribution is -2.39. The Morgan fingerprint density at radius 2 is 2.04 bits per heavy atom. The lowest BCUT2D eigenvalue weighted by Gasteiger charge is -2.32. The minimum Gasteiger partial charge on any atom is -0.477 e. The Hall–Kier alpha value is -2.54. The molecular weight excluding hydrogens is 360 g/mol. The van der Waals surface area contributed by atoms with Gasteiger partial charge in [0.15, 0.2) is 0 Å². The van der Waals surface area contributed by atoms with Crippen molar-refractivity contribution in [2.24, 2.45) is 5.92 Å². The van der Waals surface area contributed by atoms with E-state index in [4.69, 9.17) is 4.74 Å². The molecule has 1 aromatic carbocycles. The molecular formula is C20H22N4O2S. The number of ether oxygens (including phenoxy) is 1. The summed E-state index contributed by atoms with van der Waals surface area (Å²) < 4.78 is 6.97. The van der Waals surface area contributed by atoms with E-state index in [0.29, 0.717) is 18.4 Å². The van der Waals surface area contributed by atoms with Crippen molar-refractivity contribution in [2.75, 3.05) is 19.7 Å². The number of hydrogen-bond acceptors (Lipinski definition) is 6. The monoisotopic (exact) mass is 382 g/mol. The van der Waals surface area contributed by atoms with Gasteiger partial charge in [0.1, 0.15) is 6.33 Å². The summed E-state index contributed by atoms with van der Waals surface area (Å²) in [5.41, 5.74) is 5.43. The summed E-state index contributed by atoms with van der Waals surface area (Å²) in [6.45, 7) is 6.08. The number of benzene rings is 1. The van der Waals surface area contributed by atoms with Crippen molar-refractivity contribution in [2.45, 2.75) is 26.7 Å². The standard InChI is InChI=1S/C20H22N4O2S/c1-13-14(2)21-11-22-19(13)26-10-15-5-7-24(8-6-15)20(25)16-3-4-17-18(9-16)27-12-23-17/h3-4,9,11-12,15H,5-8,10H2,1-2H3. The molecule has 0 N–H and O–H groups in total. The number of hydrogen-bond donors (Lipinski definition) is 0. The van der Waals surface area contributed by atoms with Crippen molar-refractivity contribution in [1.29, 1.82) is 0 Å². The normalized spacial score (nSPS) is 15.3. The van der Waals surface area contributed by atoms with Crippen molar-refractivity contribution in [3.05, 3.63) is 46.9 Å². The molecule has 3 aromatic rings. The number of carbonyl (C=O) groups is 1. The highest BCUT2D eigenvalue weighted by molar-refractivity contribution is 7.16. The molecule has 0 radical (unpaired) electrons. The molecule has 2 aromatic heterocycles. The fourth-order valence-electron chi connectivity index (χ4n) is 3.33. The van der Waals surface area contributed by atoms with Crippen molar-refractivity contribution < 1.29 is 9.53 Å². The highest BCUT2D eigenvalue weighted by Crippen LogP contribution is 2.24. The maximum absolute atomic E-state index is 12.8. The first-order valence-electron chi connectivity index (χ1n) is 9.15. The van der Waals surface area contributed by atoms with E-state index >= 15 is 0 Å². The molecule has 7 heteroatoms. The van der Waals surface area contributed by atoms with Gasteiger partial charge in [-0.15, -0.1) is 11.3 Å². The van der Waals surface area contributed by atoms with Gasteiger partial charge in [-0.3, -0.25) is 4.79 Å². The van der Waals surface area contributed by atoms with Crippen LogP contribution in [-0.4, -0.2) is 45.5 Å². The molecule has 6 nitrogen and oxygen atoms in total. The van der Waals surface area contributed by atoms with E-state index in [1.807, 2.05) is 42.5 Å². The average molecular weight is 382 g/mol. The number of rotatable bonds is 4. The summed E-state index contributed by atoms with van der Waals surface area (Å²) >= 11 is 1.56. The molecule has 1 amide bonds. The predicted octanol–water partition coefficient (Wildman–Crippen LogP) is 3.63. The third-order valence-corrected chi connectivity index (χ3v) is 6.02. The van der Waals surface area contributed by atoms with Crippen molar-refractivity contribution in [1.82, 2.24) is 19.9 Å². The predicted molar refractivity (Wildman–Crippen MR) is 105 cm³/mol. The third-order valence-electron chi connectivity index (χ3n) is 5.23. The van der Waals surface area contributed by atoms with Gasteiger partial charge in [0.05, 0.1) is 22.3 Å². The van der Waals surface area contributed by atoms with Crippen molar-refractivity contribution >= 4 is 27.5 Å². The number of amides is 1. The van der Waals surface area contributed by atoms with Gasteiger partial charge in [-0.25, -0.2) is 15.0 Å². The van der Waals surface area contributed by atoms with E-state index in [1.165, 1.54) is 0 Å². The topological polar surface area (TPSA) is 68.2 Å². The van der Waals surface area contributed by atoms with Gasteiger partial charge >= 0.3 is 0 Å². The molecule has 0 aliphatic carbocycles. The molecule has 1 fully saturated rings. The second-order valence-electron chi connectivity index (χ2n) is 6.97. The summed E-state index contributed by atoms with van der Waals surface area (Å²) in [7, 11) is 0. The van der Waals surface area contributed by atoms with Gasteiger partial charge in [-0.2, -0.15) is 0 Å². The van der Waals surface area contributed by atoms with Crippen LogP contribution in [0.1, 0.15) is 34.5 Å². The van der Waals surface area contributed by atoms with Crippen LogP contribution in [0.3, 0.4) is 0 Å². The minimum atomic E-state index is 0.104. The molecule has 4 rings (SSSR count). The molecule has 0 atom stereocenters. The molecule has 140 valence electrons. The first-order chi connectivity index (χ1) is 13.1. The zero-order chi connectivity index (χ0) is 18.8. The Morgan fingerprint density at radius 3 is 2.85 bits per heavy atom. The Labute approximate surface area is 162 Å². The summed E-state index contributed by atoms with van der Waals surface area (Å²) in [6.07, 6.45) is 3.42. The van der Waals surface area contributed by atoms with Crippen LogP contribution < -0.4 is 4.74 Å². The Bertz CT molecular complexity index is 964. The Balaban J connectivity index is 1.33. The summed E-state index contributed by atoms with van der Waals surface area (Å²) in [6, 6.07) is 5.75. The molecule has 1 saturated heterocycles. The number of nitrogens with zero attached hydrogens (tertiary/aromatic N) is 4. The van der Waals surface area contributed by atoms with E-state index in [2.05, 4.69) is 15.0 Å². The van der Waals surface area contributed by atoms with Gasteiger partial charge < -0.3 is 9.64 Å². The minimum absolute atomic E-state index is 0.104. The second-order valence-corrected chi connectivity index (χ2v) is 7.86. The summed E-state index contributed by atoms with van der Waals surface area (Å²) in [5.74, 6) is 1.21. The van der Waals surface area contributed by atoms with Crippen LogP contribution >= 0.6 is 11.3 Å². The first kappa shape index (κ1) is 17.9. The smallest absolute Gasteiger partial charge is 0.253 e. The summed E-state index contributed by atoms with van der Waals surface area (Å²) in [5, 5.41) is 0. The lowest BCUT2D eigenvalue weighted by molar-refractivity contribution is 0.0659. The number of carbonyl (C=O) groups excluding carboxylic acids is 1. The van der Waals surface area contributed by atoms with Crippen LogP contribution in [0.5, 0.6) is 5.88 Å². The maximum atomic E-state index is 12.8. The molecule has 3 heterocycles. The van der Waals surface area contributed by atoms with Gasteiger partial charge in [-0.05, 0) is 50.8 Å². The van der Waals surface area contributed by atoms with Gasteiger partial charge in [-0.1, -0.05) is 0 Å². The molecule has 0 unspecified atom stereocenters. The highest BCUT2D eigenvalue weighted by Gasteiger charge is 2.24. The van der Waals surface area contributed by atoms with Crippen LogP contribution in [0.2, 0.25) is 0 Å². The quantitative estimate of drug-likeness (QED) is 0.689. The van der Waals surface area contributed by atoms with Crippen molar-refractivity contribution in [3.63, 3.8) is 0 Å². The molecule has 0 saturated carbocycles. The number of likely N-dealkylation sites (tertiary alicyclic amines) is 1. The van der Waals surface area contributed by atoms with E-state index in [1.54, 1.807) is 17.7 Å². The number of fused-ring (bicyclic) bond motifs is 1. The van der Waals surface area contributed by atoms with Crippen LogP contribution in [0.4, 0.5) is 0 Å². The number of aryl methyl sites for hydroxylation is 1. The van der Waals surface area contributed by atoms with Gasteiger partial charge in [0.25, 0.3) is 5.91 Å². The molecule has 27 heavy (non-hydrogen) atoms. The van der Waals surface area contributed by atoms with Crippen LogP contribution in [0.25, 0.3) is 10.2 Å². The third kappa shape index (κ3) is 3.78. The lowest BCUT2D eigenvalue weighted by atomic mass is 9.97. The average Bonchev–Trinajstić information content (AvgIpc) is 3.17. The SMILES string of the molecule is Cc1ncnc(OCC2CCN(C(=O)c3ccc4ncsc4c3)CC2)c1C. The summed E-state index contributed by atoms with van der Waals surface area (Å²) in [4.78, 5) is 27.4. The Morgan fingerprint density at radius 1 is 1.22 bits per heavy atom. The van der Waals surface area contributed by atoms with E-state index < -0.39 is 0 Å². The van der Waals surface area contributed by atoms with Crippen LogP contribution in [0.15, 0.2) is 30.0 Å². The molecule has 0 bridgehead atoms. The van der Waals surface area contributed by atoms with Crippen molar-refractivity contribution in [3.8, 4) is 5.88 Å². The van der Waals surface area contributed by atoms with E-state index in [0.717, 1.165) is 53.0 Å². The van der Waals surface area contributed by atoms with E-state index in [-0.39, 0.29) is 5.91 Å².